The Morgan fingerprint density at radius 1 is 1.28 bits per heavy atom. The van der Waals surface area contributed by atoms with Crippen LogP contribution in [-0.2, 0) is 14.3 Å². The van der Waals surface area contributed by atoms with Gasteiger partial charge in [-0.05, 0) is 38.1 Å². The number of amides is 1. The molecule has 0 unspecified atom stereocenters. The number of nitrogens with two attached hydrogens (primary N) is 1. The fourth-order valence-corrected chi connectivity index (χ4v) is 2.21. The molecule has 1 aliphatic carbocycles. The molecule has 0 saturated heterocycles. The number of nitrogens with one attached hydrogen (secondary N) is 1. The highest BCUT2D eigenvalue weighted by molar-refractivity contribution is 5.78. The van der Waals surface area contributed by atoms with Gasteiger partial charge in [-0.3, -0.25) is 4.79 Å². The first-order valence-electron chi connectivity index (χ1n) is 6.40. The van der Waals surface area contributed by atoms with Crippen LogP contribution >= 0.6 is 0 Å². The van der Waals surface area contributed by atoms with Gasteiger partial charge in [-0.1, -0.05) is 0 Å². The molecule has 0 atom stereocenters. The van der Waals surface area contributed by atoms with Crippen LogP contribution in [0.25, 0.3) is 0 Å². The van der Waals surface area contributed by atoms with E-state index in [2.05, 4.69) is 5.32 Å². The Bertz CT molecular complexity index is 275. The zero-order valence-electron chi connectivity index (χ0n) is 10.6. The predicted octanol–water partition coefficient (Wildman–Crippen LogP) is -0.0311. The number of aliphatic carboxylic acids is 1. The van der Waals surface area contributed by atoms with Crippen LogP contribution in [-0.4, -0.2) is 43.3 Å². The molecule has 0 spiro atoms. The second-order valence-electron chi connectivity index (χ2n) is 4.69. The number of carbonyl (C=O) groups excluding carboxylic acids is 1. The minimum Gasteiger partial charge on any atom is -0.480 e. The SMILES string of the molecule is NCC1CCC(C(=O)NCCOCC(=O)O)CC1. The van der Waals surface area contributed by atoms with Crippen LogP contribution in [0.15, 0.2) is 0 Å². The molecule has 104 valence electrons. The standard InChI is InChI=1S/C12H22N2O4/c13-7-9-1-3-10(4-2-9)12(17)14-5-6-18-8-11(15)16/h9-10H,1-8,13H2,(H,14,17)(H,15,16). The minimum absolute atomic E-state index is 0.0457. The van der Waals surface area contributed by atoms with E-state index in [-0.39, 0.29) is 25.0 Å². The Labute approximate surface area is 107 Å². The molecule has 6 heteroatoms. The van der Waals surface area contributed by atoms with Crippen molar-refractivity contribution in [2.24, 2.45) is 17.6 Å². The average Bonchev–Trinajstić information content (AvgIpc) is 2.38. The van der Waals surface area contributed by atoms with Crippen molar-refractivity contribution >= 4 is 11.9 Å². The average molecular weight is 258 g/mol. The van der Waals surface area contributed by atoms with E-state index in [0.29, 0.717) is 19.0 Å². The molecule has 0 aliphatic heterocycles. The number of rotatable bonds is 7. The summed E-state index contributed by atoms with van der Waals surface area (Å²) in [5.41, 5.74) is 5.60. The molecule has 0 aromatic heterocycles. The van der Waals surface area contributed by atoms with Crippen molar-refractivity contribution in [1.82, 2.24) is 5.32 Å². The molecule has 0 aromatic rings. The fraction of sp³-hybridized carbons (Fsp3) is 0.833. The number of carboxylic acid groups (broad SMARTS) is 1. The van der Waals surface area contributed by atoms with Crippen LogP contribution in [0.3, 0.4) is 0 Å². The van der Waals surface area contributed by atoms with Crippen LogP contribution < -0.4 is 11.1 Å². The molecular weight excluding hydrogens is 236 g/mol. The summed E-state index contributed by atoms with van der Waals surface area (Å²) in [7, 11) is 0. The second-order valence-corrected chi connectivity index (χ2v) is 4.69. The molecule has 18 heavy (non-hydrogen) atoms. The molecule has 1 aliphatic rings. The Morgan fingerprint density at radius 3 is 2.50 bits per heavy atom. The first-order valence-corrected chi connectivity index (χ1v) is 6.40. The largest absolute Gasteiger partial charge is 0.480 e. The molecule has 0 bridgehead atoms. The van der Waals surface area contributed by atoms with Crippen LogP contribution in [0, 0.1) is 11.8 Å². The summed E-state index contributed by atoms with van der Waals surface area (Å²) >= 11 is 0. The van der Waals surface area contributed by atoms with Crippen LogP contribution in [0.4, 0.5) is 0 Å². The Kier molecular flexibility index (Phi) is 6.67. The van der Waals surface area contributed by atoms with Gasteiger partial charge in [0, 0.05) is 12.5 Å². The normalized spacial score (nSPS) is 23.6. The van der Waals surface area contributed by atoms with Gasteiger partial charge >= 0.3 is 5.97 Å². The van der Waals surface area contributed by atoms with Gasteiger partial charge in [-0.2, -0.15) is 0 Å². The summed E-state index contributed by atoms with van der Waals surface area (Å²) < 4.78 is 4.84. The van der Waals surface area contributed by atoms with Gasteiger partial charge in [-0.15, -0.1) is 0 Å². The first kappa shape index (κ1) is 14.9. The summed E-state index contributed by atoms with van der Waals surface area (Å²) in [6, 6.07) is 0. The number of hydrogen-bond acceptors (Lipinski definition) is 4. The van der Waals surface area contributed by atoms with Crippen molar-refractivity contribution in [3.05, 3.63) is 0 Å². The van der Waals surface area contributed by atoms with E-state index in [4.69, 9.17) is 15.6 Å². The molecule has 0 aromatic carbocycles. The molecule has 1 amide bonds. The van der Waals surface area contributed by atoms with Gasteiger partial charge in [-0.25, -0.2) is 4.79 Å². The predicted molar refractivity (Wildman–Crippen MR) is 66.0 cm³/mol. The van der Waals surface area contributed by atoms with Crippen LogP contribution in [0.5, 0.6) is 0 Å². The maximum Gasteiger partial charge on any atom is 0.329 e. The van der Waals surface area contributed by atoms with Crippen molar-refractivity contribution in [2.45, 2.75) is 25.7 Å². The highest BCUT2D eigenvalue weighted by Crippen LogP contribution is 2.27. The summed E-state index contributed by atoms with van der Waals surface area (Å²) in [4.78, 5) is 22.0. The highest BCUT2D eigenvalue weighted by Gasteiger charge is 2.25. The van der Waals surface area contributed by atoms with E-state index in [0.717, 1.165) is 25.7 Å². The maximum absolute atomic E-state index is 11.8. The van der Waals surface area contributed by atoms with E-state index < -0.39 is 5.97 Å². The Hall–Kier alpha value is -1.14. The molecule has 1 fully saturated rings. The lowest BCUT2D eigenvalue weighted by Crippen LogP contribution is -2.36. The smallest absolute Gasteiger partial charge is 0.329 e. The van der Waals surface area contributed by atoms with Gasteiger partial charge in [0.05, 0.1) is 6.61 Å². The van der Waals surface area contributed by atoms with Gasteiger partial charge in [0.15, 0.2) is 0 Å². The zero-order valence-corrected chi connectivity index (χ0v) is 10.6. The lowest BCUT2D eigenvalue weighted by atomic mass is 9.81. The van der Waals surface area contributed by atoms with E-state index in [1.54, 1.807) is 0 Å². The summed E-state index contributed by atoms with van der Waals surface area (Å²) in [5.74, 6) is -0.314. The van der Waals surface area contributed by atoms with Crippen molar-refractivity contribution in [3.63, 3.8) is 0 Å². The molecule has 0 heterocycles. The molecular formula is C12H22N2O4. The zero-order chi connectivity index (χ0) is 13.4. The van der Waals surface area contributed by atoms with E-state index >= 15 is 0 Å². The summed E-state index contributed by atoms with van der Waals surface area (Å²) in [5, 5.41) is 11.1. The quantitative estimate of drug-likeness (QED) is 0.557. The van der Waals surface area contributed by atoms with Gasteiger partial charge < -0.3 is 20.9 Å². The summed E-state index contributed by atoms with van der Waals surface area (Å²) in [6.07, 6.45) is 3.82. The number of carbonyl (C=O) groups is 2. The summed E-state index contributed by atoms with van der Waals surface area (Å²) in [6.45, 7) is 0.980. The third kappa shape index (κ3) is 5.46. The minimum atomic E-state index is -0.999. The van der Waals surface area contributed by atoms with Crippen molar-refractivity contribution in [1.29, 1.82) is 0 Å². The van der Waals surface area contributed by atoms with Crippen molar-refractivity contribution in [2.75, 3.05) is 26.3 Å². The fourth-order valence-electron chi connectivity index (χ4n) is 2.21. The highest BCUT2D eigenvalue weighted by atomic mass is 16.5. The van der Waals surface area contributed by atoms with E-state index in [1.807, 2.05) is 0 Å². The van der Waals surface area contributed by atoms with E-state index in [1.165, 1.54) is 0 Å². The molecule has 4 N–H and O–H groups in total. The van der Waals surface area contributed by atoms with Crippen LogP contribution in [0.1, 0.15) is 25.7 Å². The second kappa shape index (κ2) is 8.05. The maximum atomic E-state index is 11.8. The lowest BCUT2D eigenvalue weighted by molar-refractivity contribution is -0.142. The molecule has 0 radical (unpaired) electrons. The number of carboxylic acids is 1. The monoisotopic (exact) mass is 258 g/mol. The van der Waals surface area contributed by atoms with Gasteiger partial charge in [0.25, 0.3) is 0 Å². The third-order valence-corrected chi connectivity index (χ3v) is 3.32. The van der Waals surface area contributed by atoms with Crippen molar-refractivity contribution < 1.29 is 19.4 Å². The topological polar surface area (TPSA) is 102 Å². The molecule has 6 nitrogen and oxygen atoms in total. The Morgan fingerprint density at radius 2 is 1.94 bits per heavy atom. The molecule has 1 saturated carbocycles. The Balaban J connectivity index is 2.08. The van der Waals surface area contributed by atoms with Crippen molar-refractivity contribution in [3.8, 4) is 0 Å². The number of hydrogen-bond donors (Lipinski definition) is 3. The van der Waals surface area contributed by atoms with Gasteiger partial charge in [0.1, 0.15) is 6.61 Å². The third-order valence-electron chi connectivity index (χ3n) is 3.32. The molecule has 1 rings (SSSR count). The van der Waals surface area contributed by atoms with Gasteiger partial charge in [0.2, 0.25) is 5.91 Å². The lowest BCUT2D eigenvalue weighted by Gasteiger charge is -2.26. The van der Waals surface area contributed by atoms with E-state index in [9.17, 15) is 9.59 Å². The number of ether oxygens (including phenoxy) is 1. The van der Waals surface area contributed by atoms with Crippen LogP contribution in [0.2, 0.25) is 0 Å². The first-order chi connectivity index (χ1) is 8.63.